The second-order valence-corrected chi connectivity index (χ2v) is 7.16. The highest BCUT2D eigenvalue weighted by molar-refractivity contribution is 6.32. The Balaban J connectivity index is 2.43. The Morgan fingerprint density at radius 1 is 1.03 bits per heavy atom. The van der Waals surface area contributed by atoms with Crippen LogP contribution in [-0.2, 0) is 11.2 Å². The Morgan fingerprint density at radius 3 is 2.26 bits per heavy atom. The molecule has 31 heavy (non-hydrogen) atoms. The van der Waals surface area contributed by atoms with Crippen LogP contribution in [-0.4, -0.2) is 50.1 Å². The number of nitrogens with zero attached hydrogens (tertiary/aromatic N) is 3. The summed E-state index contributed by atoms with van der Waals surface area (Å²) in [5.74, 6) is 0.188. The van der Waals surface area contributed by atoms with Crippen molar-refractivity contribution < 1.29 is 9.53 Å². The molecule has 9 N–H and O–H groups in total. The number of amides is 1. The van der Waals surface area contributed by atoms with Crippen molar-refractivity contribution in [2.75, 3.05) is 26.2 Å². The maximum absolute atomic E-state index is 12.2. The minimum absolute atomic E-state index is 0.0344. The standard InChI is InChI=1S/C19H31ClN8O3/c20-14-11-13(5-6-16(14)31-10-4-3-9-27-19(23)24)12-15(28-30)17(29)25-7-1-2-8-26-18(21)22/h5-6,11,15H,1-4,7-10,12H2,(H,25,29)(H4,21,22,26)(H4,23,24,27). The second-order valence-electron chi connectivity index (χ2n) is 6.76. The van der Waals surface area contributed by atoms with Crippen LogP contribution in [0.25, 0.3) is 0 Å². The number of guanidine groups is 2. The quantitative estimate of drug-likeness (QED) is 0.111. The highest BCUT2D eigenvalue weighted by Gasteiger charge is 2.20. The molecule has 1 aromatic rings. The zero-order valence-electron chi connectivity index (χ0n) is 17.4. The number of unbranched alkanes of at least 4 members (excludes halogenated alkanes) is 2. The molecule has 0 aliphatic heterocycles. The van der Waals surface area contributed by atoms with E-state index in [1.807, 2.05) is 0 Å². The third kappa shape index (κ3) is 11.6. The Labute approximate surface area is 186 Å². The molecule has 0 spiro atoms. The van der Waals surface area contributed by atoms with Gasteiger partial charge in [0.1, 0.15) is 5.75 Å². The minimum atomic E-state index is -1.05. The molecular weight excluding hydrogens is 424 g/mol. The predicted octanol–water partition coefficient (Wildman–Crippen LogP) is 0.620. The van der Waals surface area contributed by atoms with Crippen LogP contribution in [0.1, 0.15) is 31.2 Å². The Kier molecular flexibility index (Phi) is 12.4. The van der Waals surface area contributed by atoms with Crippen LogP contribution in [0, 0.1) is 4.91 Å². The van der Waals surface area contributed by atoms with E-state index in [4.69, 9.17) is 39.3 Å². The first-order valence-corrected chi connectivity index (χ1v) is 10.3. The number of rotatable bonds is 15. The van der Waals surface area contributed by atoms with Crippen molar-refractivity contribution in [3.05, 3.63) is 33.7 Å². The van der Waals surface area contributed by atoms with E-state index in [9.17, 15) is 9.70 Å². The van der Waals surface area contributed by atoms with E-state index >= 15 is 0 Å². The van der Waals surface area contributed by atoms with Crippen LogP contribution < -0.4 is 33.0 Å². The molecule has 0 saturated heterocycles. The van der Waals surface area contributed by atoms with E-state index in [0.717, 1.165) is 12.8 Å². The zero-order chi connectivity index (χ0) is 23.1. The van der Waals surface area contributed by atoms with Gasteiger partial charge in [-0.15, -0.1) is 4.91 Å². The fourth-order valence-corrected chi connectivity index (χ4v) is 2.83. The van der Waals surface area contributed by atoms with Gasteiger partial charge in [-0.2, -0.15) is 0 Å². The number of nitrogens with two attached hydrogens (primary N) is 4. The molecule has 0 aromatic heterocycles. The highest BCUT2D eigenvalue weighted by atomic mass is 35.5. The lowest BCUT2D eigenvalue weighted by Crippen LogP contribution is -2.35. The molecule has 1 amide bonds. The topological polar surface area (TPSA) is 197 Å². The van der Waals surface area contributed by atoms with Crippen LogP contribution in [0.2, 0.25) is 5.02 Å². The van der Waals surface area contributed by atoms with Gasteiger partial charge >= 0.3 is 0 Å². The van der Waals surface area contributed by atoms with E-state index in [1.54, 1.807) is 18.2 Å². The first kappa shape index (κ1) is 26.0. The molecular formula is C19H31ClN8O3. The number of nitroso groups, excluding NO2 is 1. The Morgan fingerprint density at radius 2 is 1.68 bits per heavy atom. The van der Waals surface area contributed by atoms with Crippen LogP contribution >= 0.6 is 11.6 Å². The van der Waals surface area contributed by atoms with Crippen LogP contribution in [0.4, 0.5) is 0 Å². The summed E-state index contributed by atoms with van der Waals surface area (Å²) in [5.41, 5.74) is 21.7. The number of nitrogens with one attached hydrogen (secondary N) is 1. The maximum Gasteiger partial charge on any atom is 0.248 e. The van der Waals surface area contributed by atoms with E-state index in [-0.39, 0.29) is 18.3 Å². The lowest BCUT2D eigenvalue weighted by Gasteiger charge is -2.12. The van der Waals surface area contributed by atoms with Gasteiger partial charge in [-0.05, 0) is 43.4 Å². The van der Waals surface area contributed by atoms with Gasteiger partial charge in [0.2, 0.25) is 5.91 Å². The molecule has 0 fully saturated rings. The number of carbonyl (C=O) groups excluding carboxylic acids is 1. The molecule has 11 nitrogen and oxygen atoms in total. The van der Waals surface area contributed by atoms with E-state index in [0.29, 0.717) is 55.4 Å². The van der Waals surface area contributed by atoms with Crippen molar-refractivity contribution in [1.82, 2.24) is 5.32 Å². The first-order chi connectivity index (χ1) is 14.8. The molecule has 0 saturated carbocycles. The smallest absolute Gasteiger partial charge is 0.248 e. The van der Waals surface area contributed by atoms with Gasteiger partial charge in [0, 0.05) is 26.1 Å². The fraction of sp³-hybridized carbons (Fsp3) is 0.526. The number of hydrogen-bond acceptors (Lipinski definition) is 6. The largest absolute Gasteiger partial charge is 0.492 e. The predicted molar refractivity (Wildman–Crippen MR) is 123 cm³/mol. The number of aliphatic imine (C=N–C) groups is 2. The lowest BCUT2D eigenvalue weighted by atomic mass is 10.1. The normalized spacial score (nSPS) is 11.3. The van der Waals surface area contributed by atoms with Gasteiger partial charge in [-0.1, -0.05) is 22.8 Å². The third-order valence-corrected chi connectivity index (χ3v) is 4.43. The third-order valence-electron chi connectivity index (χ3n) is 4.14. The summed E-state index contributed by atoms with van der Waals surface area (Å²) in [6.45, 7) is 1.89. The zero-order valence-corrected chi connectivity index (χ0v) is 18.2. The molecule has 0 aliphatic carbocycles. The summed E-state index contributed by atoms with van der Waals surface area (Å²) in [4.78, 5) is 31.1. The van der Waals surface area contributed by atoms with Crippen LogP contribution in [0.3, 0.4) is 0 Å². The molecule has 1 aromatic carbocycles. The van der Waals surface area contributed by atoms with Crippen LogP contribution in [0.5, 0.6) is 5.75 Å². The summed E-state index contributed by atoms with van der Waals surface area (Å²) in [6.07, 6.45) is 3.07. The lowest BCUT2D eigenvalue weighted by molar-refractivity contribution is -0.122. The van der Waals surface area contributed by atoms with Crippen molar-refractivity contribution in [2.24, 2.45) is 38.1 Å². The van der Waals surface area contributed by atoms with Crippen molar-refractivity contribution >= 4 is 29.4 Å². The molecule has 1 rings (SSSR count). The summed E-state index contributed by atoms with van der Waals surface area (Å²) in [7, 11) is 0. The highest BCUT2D eigenvalue weighted by Crippen LogP contribution is 2.26. The molecule has 0 radical (unpaired) electrons. The van der Waals surface area contributed by atoms with Crippen molar-refractivity contribution in [3.63, 3.8) is 0 Å². The average molecular weight is 455 g/mol. The fourth-order valence-electron chi connectivity index (χ4n) is 2.57. The molecule has 1 atom stereocenters. The van der Waals surface area contributed by atoms with Gasteiger partial charge in [0.25, 0.3) is 0 Å². The van der Waals surface area contributed by atoms with Gasteiger partial charge in [0.15, 0.2) is 18.0 Å². The Hall–Kier alpha value is -3.08. The SMILES string of the molecule is NC(N)=NCCCCNC(=O)C(Cc1ccc(OCCCCN=C(N)N)c(Cl)c1)N=O. The number of carbonyl (C=O) groups is 1. The van der Waals surface area contributed by atoms with Crippen LogP contribution in [0.15, 0.2) is 33.4 Å². The number of benzene rings is 1. The molecule has 0 heterocycles. The molecule has 12 heteroatoms. The summed E-state index contributed by atoms with van der Waals surface area (Å²) in [6, 6.07) is 4.08. The molecule has 1 unspecified atom stereocenters. The monoisotopic (exact) mass is 454 g/mol. The molecule has 0 aliphatic rings. The summed E-state index contributed by atoms with van der Waals surface area (Å²) < 4.78 is 5.65. The van der Waals surface area contributed by atoms with Crippen molar-refractivity contribution in [3.8, 4) is 5.75 Å². The van der Waals surface area contributed by atoms with E-state index < -0.39 is 11.9 Å². The maximum atomic E-state index is 12.2. The number of hydrogen-bond donors (Lipinski definition) is 5. The van der Waals surface area contributed by atoms with E-state index in [1.165, 1.54) is 0 Å². The Bertz CT molecular complexity index is 765. The van der Waals surface area contributed by atoms with Gasteiger partial charge < -0.3 is 33.0 Å². The van der Waals surface area contributed by atoms with Gasteiger partial charge in [0.05, 0.1) is 11.6 Å². The number of ether oxygens (including phenoxy) is 1. The van der Waals surface area contributed by atoms with Gasteiger partial charge in [-0.3, -0.25) is 14.8 Å². The molecule has 172 valence electrons. The summed E-state index contributed by atoms with van der Waals surface area (Å²) >= 11 is 6.25. The van der Waals surface area contributed by atoms with E-state index in [2.05, 4.69) is 20.5 Å². The average Bonchev–Trinajstić information content (AvgIpc) is 2.71. The van der Waals surface area contributed by atoms with Crippen molar-refractivity contribution in [2.45, 2.75) is 38.1 Å². The first-order valence-electron chi connectivity index (χ1n) is 9.95. The number of halogens is 1. The van der Waals surface area contributed by atoms with Gasteiger partial charge in [-0.25, -0.2) is 0 Å². The second kappa shape index (κ2) is 14.8. The van der Waals surface area contributed by atoms with Crippen molar-refractivity contribution in [1.29, 1.82) is 0 Å². The minimum Gasteiger partial charge on any atom is -0.492 e. The summed E-state index contributed by atoms with van der Waals surface area (Å²) in [5, 5.41) is 6.03. The molecule has 0 bridgehead atoms.